The van der Waals surface area contributed by atoms with E-state index in [2.05, 4.69) is 10.5 Å². The van der Waals surface area contributed by atoms with Crippen LogP contribution in [0.2, 0.25) is 0 Å². The first-order valence-electron chi connectivity index (χ1n) is 5.33. The molecule has 0 aliphatic heterocycles. The molecule has 2 N–H and O–H groups in total. The number of rotatable bonds is 4. The number of hydrogen-bond donors (Lipinski definition) is 2. The Morgan fingerprint density at radius 3 is 2.75 bits per heavy atom. The summed E-state index contributed by atoms with van der Waals surface area (Å²) in [6.45, 7) is 6.93. The van der Waals surface area contributed by atoms with Crippen LogP contribution < -0.4 is 5.32 Å². The van der Waals surface area contributed by atoms with Gasteiger partial charge in [0.05, 0.1) is 11.6 Å². The molecular weight excluding hydrogens is 208 g/mol. The smallest absolute Gasteiger partial charge is 0.273 e. The molecule has 0 fully saturated rings. The molecule has 1 unspecified atom stereocenters. The van der Waals surface area contributed by atoms with Crippen molar-refractivity contribution in [1.29, 1.82) is 0 Å². The summed E-state index contributed by atoms with van der Waals surface area (Å²) in [4.78, 5) is 11.7. The molecule has 5 nitrogen and oxygen atoms in total. The maximum atomic E-state index is 11.7. The van der Waals surface area contributed by atoms with E-state index < -0.39 is 5.60 Å². The minimum Gasteiger partial charge on any atom is -0.388 e. The Morgan fingerprint density at radius 1 is 1.69 bits per heavy atom. The van der Waals surface area contributed by atoms with Crippen LogP contribution >= 0.6 is 0 Å². The van der Waals surface area contributed by atoms with Gasteiger partial charge in [0, 0.05) is 12.5 Å². The fourth-order valence-corrected chi connectivity index (χ4v) is 1.03. The van der Waals surface area contributed by atoms with E-state index in [4.69, 9.17) is 4.52 Å². The van der Waals surface area contributed by atoms with E-state index in [9.17, 15) is 9.90 Å². The number of carbonyl (C=O) groups excluding carboxylic acids is 1. The summed E-state index contributed by atoms with van der Waals surface area (Å²) in [5.41, 5.74) is -0.722. The van der Waals surface area contributed by atoms with E-state index in [1.54, 1.807) is 26.8 Å². The number of aryl methyl sites for hydroxylation is 1. The molecule has 0 bridgehead atoms. The first kappa shape index (κ1) is 12.7. The number of aromatic nitrogens is 1. The molecule has 5 heteroatoms. The molecule has 90 valence electrons. The molecule has 0 spiro atoms. The van der Waals surface area contributed by atoms with Gasteiger partial charge >= 0.3 is 0 Å². The zero-order chi connectivity index (χ0) is 12.3. The van der Waals surface area contributed by atoms with E-state index in [1.807, 2.05) is 6.92 Å². The number of nitrogens with zero attached hydrogens (tertiary/aromatic N) is 1. The molecule has 1 amide bonds. The maximum absolute atomic E-state index is 11.7. The molecule has 0 aliphatic rings. The van der Waals surface area contributed by atoms with Crippen molar-refractivity contribution in [2.45, 2.75) is 45.8 Å². The molecule has 1 rings (SSSR count). The predicted octanol–water partition coefficient (Wildman–Crippen LogP) is 1.13. The fourth-order valence-electron chi connectivity index (χ4n) is 1.03. The van der Waals surface area contributed by atoms with Gasteiger partial charge in [-0.05, 0) is 20.8 Å². The fraction of sp³-hybridized carbons (Fsp3) is 0.636. The Balaban J connectivity index is 2.66. The molecule has 1 aromatic rings. The lowest BCUT2D eigenvalue weighted by Gasteiger charge is -2.26. The second-order valence-corrected chi connectivity index (χ2v) is 4.38. The highest BCUT2D eigenvalue weighted by Crippen LogP contribution is 2.09. The van der Waals surface area contributed by atoms with Gasteiger partial charge in [0.2, 0.25) is 0 Å². The molecule has 1 heterocycles. The van der Waals surface area contributed by atoms with E-state index in [0.717, 1.165) is 0 Å². The number of hydrogen-bond acceptors (Lipinski definition) is 4. The standard InChI is InChI=1S/C11H18N2O3/c1-5-8-6-9(13-16-8)10(14)12-7(2)11(3,4)15/h6-7,15H,5H2,1-4H3,(H,12,14). The van der Waals surface area contributed by atoms with Gasteiger partial charge in [-0.1, -0.05) is 12.1 Å². The van der Waals surface area contributed by atoms with Gasteiger partial charge in [0.25, 0.3) is 5.91 Å². The zero-order valence-electron chi connectivity index (χ0n) is 10.1. The van der Waals surface area contributed by atoms with E-state index in [-0.39, 0.29) is 17.6 Å². The lowest BCUT2D eigenvalue weighted by molar-refractivity contribution is 0.0406. The average Bonchev–Trinajstić information content (AvgIpc) is 2.64. The predicted molar refractivity (Wildman–Crippen MR) is 59.1 cm³/mol. The van der Waals surface area contributed by atoms with Crippen LogP contribution in [-0.4, -0.2) is 27.8 Å². The third-order valence-corrected chi connectivity index (χ3v) is 2.55. The normalized spacial score (nSPS) is 13.6. The summed E-state index contributed by atoms with van der Waals surface area (Å²) >= 11 is 0. The Labute approximate surface area is 94.8 Å². The molecule has 1 atom stereocenters. The van der Waals surface area contributed by atoms with Gasteiger partial charge in [-0.25, -0.2) is 0 Å². The van der Waals surface area contributed by atoms with Gasteiger partial charge in [0.15, 0.2) is 5.69 Å². The molecule has 0 aliphatic carbocycles. The van der Waals surface area contributed by atoms with Gasteiger partial charge in [-0.3, -0.25) is 4.79 Å². The first-order chi connectivity index (χ1) is 7.34. The van der Waals surface area contributed by atoms with Crippen LogP contribution in [0.1, 0.15) is 43.9 Å². The lowest BCUT2D eigenvalue weighted by atomic mass is 10.0. The first-order valence-corrected chi connectivity index (χ1v) is 5.33. The monoisotopic (exact) mass is 226 g/mol. The van der Waals surface area contributed by atoms with Crippen molar-refractivity contribution in [2.75, 3.05) is 0 Å². The van der Waals surface area contributed by atoms with Crippen molar-refractivity contribution in [1.82, 2.24) is 10.5 Å². The number of amides is 1. The highest BCUT2D eigenvalue weighted by molar-refractivity contribution is 5.92. The highest BCUT2D eigenvalue weighted by atomic mass is 16.5. The topological polar surface area (TPSA) is 75.4 Å². The van der Waals surface area contributed by atoms with Crippen LogP contribution in [-0.2, 0) is 6.42 Å². The molecular formula is C11H18N2O3. The number of nitrogens with one attached hydrogen (secondary N) is 1. The SMILES string of the molecule is CCc1cc(C(=O)NC(C)C(C)(C)O)no1. The maximum Gasteiger partial charge on any atom is 0.273 e. The van der Waals surface area contributed by atoms with Crippen LogP contribution in [0.15, 0.2) is 10.6 Å². The van der Waals surface area contributed by atoms with Crippen LogP contribution in [0.3, 0.4) is 0 Å². The molecule has 16 heavy (non-hydrogen) atoms. The molecule has 1 aromatic heterocycles. The molecule has 0 radical (unpaired) electrons. The Kier molecular flexibility index (Phi) is 3.70. The van der Waals surface area contributed by atoms with Crippen molar-refractivity contribution >= 4 is 5.91 Å². The summed E-state index contributed by atoms with van der Waals surface area (Å²) in [7, 11) is 0. The summed E-state index contributed by atoms with van der Waals surface area (Å²) < 4.78 is 4.93. The molecule has 0 saturated heterocycles. The summed E-state index contributed by atoms with van der Waals surface area (Å²) in [6.07, 6.45) is 0.696. The second-order valence-electron chi connectivity index (χ2n) is 4.38. The average molecular weight is 226 g/mol. The van der Waals surface area contributed by atoms with Crippen molar-refractivity contribution < 1.29 is 14.4 Å². The zero-order valence-corrected chi connectivity index (χ0v) is 10.1. The quantitative estimate of drug-likeness (QED) is 0.806. The van der Waals surface area contributed by atoms with Crippen LogP contribution in [0.4, 0.5) is 0 Å². The van der Waals surface area contributed by atoms with Crippen LogP contribution in [0.25, 0.3) is 0 Å². The Morgan fingerprint density at radius 2 is 2.31 bits per heavy atom. The Bertz CT molecular complexity index is 366. The Hall–Kier alpha value is -1.36. The second kappa shape index (κ2) is 4.65. The van der Waals surface area contributed by atoms with Crippen molar-refractivity contribution in [3.05, 3.63) is 17.5 Å². The van der Waals surface area contributed by atoms with Crippen molar-refractivity contribution in [3.8, 4) is 0 Å². The third-order valence-electron chi connectivity index (χ3n) is 2.55. The van der Waals surface area contributed by atoms with E-state index in [0.29, 0.717) is 12.2 Å². The van der Waals surface area contributed by atoms with Crippen LogP contribution in [0.5, 0.6) is 0 Å². The van der Waals surface area contributed by atoms with E-state index in [1.165, 1.54) is 0 Å². The summed E-state index contributed by atoms with van der Waals surface area (Å²) in [5, 5.41) is 16.0. The van der Waals surface area contributed by atoms with Gasteiger partial charge < -0.3 is 14.9 Å². The van der Waals surface area contributed by atoms with Crippen molar-refractivity contribution in [3.63, 3.8) is 0 Å². The van der Waals surface area contributed by atoms with E-state index >= 15 is 0 Å². The molecule has 0 saturated carbocycles. The number of aliphatic hydroxyl groups is 1. The van der Waals surface area contributed by atoms with Gasteiger partial charge in [-0.15, -0.1) is 0 Å². The molecule has 0 aromatic carbocycles. The minimum atomic E-state index is -0.965. The minimum absolute atomic E-state index is 0.243. The van der Waals surface area contributed by atoms with Crippen molar-refractivity contribution in [2.24, 2.45) is 0 Å². The van der Waals surface area contributed by atoms with Gasteiger partial charge in [0.1, 0.15) is 5.76 Å². The lowest BCUT2D eigenvalue weighted by Crippen LogP contribution is -2.47. The largest absolute Gasteiger partial charge is 0.388 e. The summed E-state index contributed by atoms with van der Waals surface area (Å²) in [5.74, 6) is 0.333. The highest BCUT2D eigenvalue weighted by Gasteiger charge is 2.25. The number of carbonyl (C=O) groups is 1. The third kappa shape index (κ3) is 3.06. The van der Waals surface area contributed by atoms with Crippen LogP contribution in [0, 0.1) is 0 Å². The van der Waals surface area contributed by atoms with Gasteiger partial charge in [-0.2, -0.15) is 0 Å². The summed E-state index contributed by atoms with van der Waals surface area (Å²) in [6, 6.07) is 1.24.